The molecule has 6 heteroatoms. The molecule has 0 aromatic rings. The van der Waals surface area contributed by atoms with E-state index in [1.807, 2.05) is 4.90 Å². The number of carbonyl (C=O) groups excluding carboxylic acids is 1. The third kappa shape index (κ3) is 3.42. The van der Waals surface area contributed by atoms with Crippen molar-refractivity contribution < 1.29 is 19.4 Å². The van der Waals surface area contributed by atoms with Crippen LogP contribution in [0.4, 0.5) is 4.79 Å². The summed E-state index contributed by atoms with van der Waals surface area (Å²) in [5.74, 6) is -0.428. The van der Waals surface area contributed by atoms with E-state index in [0.29, 0.717) is 12.0 Å². The lowest BCUT2D eigenvalue weighted by Crippen LogP contribution is -2.54. The minimum absolute atomic E-state index is 0.0125. The number of rotatable bonds is 4. The molecule has 1 aliphatic carbocycles. The second kappa shape index (κ2) is 6.92. The number of carboxylic acid groups (broad SMARTS) is 1. The Bertz CT molecular complexity index is 359. The number of nitrogens with one attached hydrogen (secondary N) is 1. The van der Waals surface area contributed by atoms with Gasteiger partial charge in [0.2, 0.25) is 0 Å². The Kier molecular flexibility index (Phi) is 5.23. The predicted octanol–water partition coefficient (Wildman–Crippen LogP) is 1.45. The fourth-order valence-electron chi connectivity index (χ4n) is 3.43. The number of hydrogen-bond acceptors (Lipinski definition) is 3. The van der Waals surface area contributed by atoms with E-state index in [1.54, 1.807) is 0 Å². The van der Waals surface area contributed by atoms with Crippen LogP contribution in [0.25, 0.3) is 0 Å². The van der Waals surface area contributed by atoms with Crippen LogP contribution in [0, 0.1) is 5.92 Å². The lowest BCUT2D eigenvalue weighted by Gasteiger charge is -2.44. The van der Waals surface area contributed by atoms with Crippen molar-refractivity contribution in [3.05, 3.63) is 0 Å². The van der Waals surface area contributed by atoms with Crippen LogP contribution < -0.4 is 5.32 Å². The number of likely N-dealkylation sites (tertiary alicyclic amines) is 1. The molecule has 20 heavy (non-hydrogen) atoms. The quantitative estimate of drug-likeness (QED) is 0.819. The zero-order valence-electron chi connectivity index (χ0n) is 12.0. The van der Waals surface area contributed by atoms with Gasteiger partial charge in [0.15, 0.2) is 6.10 Å². The van der Waals surface area contributed by atoms with Crippen molar-refractivity contribution in [1.82, 2.24) is 10.2 Å². The highest BCUT2D eigenvalue weighted by atomic mass is 16.5. The van der Waals surface area contributed by atoms with E-state index in [-0.39, 0.29) is 12.6 Å². The number of carboxylic acids is 1. The van der Waals surface area contributed by atoms with Gasteiger partial charge in [0.25, 0.3) is 0 Å². The summed E-state index contributed by atoms with van der Waals surface area (Å²) in [6, 6.07) is 0.188. The van der Waals surface area contributed by atoms with Crippen molar-refractivity contribution in [2.75, 3.05) is 20.2 Å². The Labute approximate surface area is 119 Å². The Morgan fingerprint density at radius 3 is 2.70 bits per heavy atom. The molecule has 1 aliphatic heterocycles. The molecule has 0 bridgehead atoms. The van der Waals surface area contributed by atoms with Crippen LogP contribution >= 0.6 is 0 Å². The van der Waals surface area contributed by atoms with E-state index in [9.17, 15) is 9.59 Å². The highest BCUT2D eigenvalue weighted by molar-refractivity contribution is 5.77. The molecule has 1 saturated carbocycles. The summed E-state index contributed by atoms with van der Waals surface area (Å²) >= 11 is 0. The maximum atomic E-state index is 12.3. The number of hydrogen-bond donors (Lipinski definition) is 2. The lowest BCUT2D eigenvalue weighted by atomic mass is 9.78. The van der Waals surface area contributed by atoms with Crippen LogP contribution in [0.1, 0.15) is 38.5 Å². The van der Waals surface area contributed by atoms with Gasteiger partial charge < -0.3 is 20.1 Å². The van der Waals surface area contributed by atoms with Crippen molar-refractivity contribution in [3.8, 4) is 0 Å². The second-order valence-corrected chi connectivity index (χ2v) is 5.70. The summed E-state index contributed by atoms with van der Waals surface area (Å²) in [5.41, 5.74) is 0. The minimum atomic E-state index is -1.05. The zero-order chi connectivity index (χ0) is 14.5. The van der Waals surface area contributed by atoms with E-state index in [0.717, 1.165) is 19.4 Å². The number of urea groups is 1. The first-order chi connectivity index (χ1) is 9.63. The molecule has 1 heterocycles. The van der Waals surface area contributed by atoms with Gasteiger partial charge in [0, 0.05) is 19.7 Å². The van der Waals surface area contributed by atoms with Gasteiger partial charge in [-0.05, 0) is 31.6 Å². The molecule has 0 aromatic carbocycles. The molecule has 2 fully saturated rings. The van der Waals surface area contributed by atoms with Crippen molar-refractivity contribution in [1.29, 1.82) is 0 Å². The Morgan fingerprint density at radius 1 is 1.30 bits per heavy atom. The smallest absolute Gasteiger partial charge is 0.334 e. The molecule has 0 spiro atoms. The minimum Gasteiger partial charge on any atom is -0.479 e. The number of nitrogens with zero attached hydrogens (tertiary/aromatic N) is 1. The number of methoxy groups -OCH3 is 1. The van der Waals surface area contributed by atoms with Gasteiger partial charge in [-0.3, -0.25) is 0 Å². The number of piperidine rings is 1. The maximum Gasteiger partial charge on any atom is 0.334 e. The summed E-state index contributed by atoms with van der Waals surface area (Å²) in [6.07, 6.45) is 6.01. The Morgan fingerprint density at radius 2 is 2.00 bits per heavy atom. The van der Waals surface area contributed by atoms with E-state index in [1.165, 1.54) is 32.8 Å². The zero-order valence-corrected chi connectivity index (χ0v) is 12.0. The molecule has 1 saturated heterocycles. The Hall–Kier alpha value is -1.30. The third-order valence-corrected chi connectivity index (χ3v) is 4.50. The molecule has 2 N–H and O–H groups in total. The molecule has 114 valence electrons. The second-order valence-electron chi connectivity index (χ2n) is 5.70. The summed E-state index contributed by atoms with van der Waals surface area (Å²) in [4.78, 5) is 25.0. The molecule has 2 rings (SSSR count). The lowest BCUT2D eigenvalue weighted by molar-refractivity contribution is -0.148. The van der Waals surface area contributed by atoms with Crippen LogP contribution in [-0.4, -0.2) is 54.4 Å². The van der Waals surface area contributed by atoms with E-state index < -0.39 is 12.1 Å². The number of carbonyl (C=O) groups is 2. The van der Waals surface area contributed by atoms with Gasteiger partial charge in [-0.15, -0.1) is 0 Å². The normalized spacial score (nSPS) is 27.6. The van der Waals surface area contributed by atoms with Crippen LogP contribution in [0.2, 0.25) is 0 Å². The molecule has 6 nitrogen and oxygen atoms in total. The standard InChI is InChI=1S/C14H24N2O4/c1-20-12(13(17)18)9-15-14(19)16-8-4-6-10-5-2-3-7-11(10)16/h10-12H,2-9H2,1H3,(H,15,19)(H,17,18). The van der Waals surface area contributed by atoms with Gasteiger partial charge in [-0.2, -0.15) is 0 Å². The average molecular weight is 284 g/mol. The van der Waals surface area contributed by atoms with Gasteiger partial charge in [0.1, 0.15) is 0 Å². The highest BCUT2D eigenvalue weighted by Gasteiger charge is 2.35. The average Bonchev–Trinajstić information content (AvgIpc) is 2.46. The third-order valence-electron chi connectivity index (χ3n) is 4.50. The molecular weight excluding hydrogens is 260 g/mol. The summed E-state index contributed by atoms with van der Waals surface area (Å²) in [6.45, 7) is 0.788. The number of amides is 2. The van der Waals surface area contributed by atoms with E-state index in [2.05, 4.69) is 5.32 Å². The SMILES string of the molecule is COC(CNC(=O)N1CCCC2CCCCC21)C(=O)O. The molecule has 3 unspecified atom stereocenters. The first kappa shape index (κ1) is 15.1. The molecule has 0 aromatic heterocycles. The van der Waals surface area contributed by atoms with Crippen LogP contribution in [-0.2, 0) is 9.53 Å². The summed E-state index contributed by atoms with van der Waals surface area (Å²) in [5, 5.41) is 11.6. The van der Waals surface area contributed by atoms with Crippen molar-refractivity contribution >= 4 is 12.0 Å². The molecule has 3 atom stereocenters. The van der Waals surface area contributed by atoms with E-state index in [4.69, 9.17) is 9.84 Å². The number of fused-ring (bicyclic) bond motifs is 1. The molecule has 2 aliphatic rings. The van der Waals surface area contributed by atoms with Gasteiger partial charge >= 0.3 is 12.0 Å². The maximum absolute atomic E-state index is 12.3. The molecule has 0 radical (unpaired) electrons. The van der Waals surface area contributed by atoms with Crippen molar-refractivity contribution in [3.63, 3.8) is 0 Å². The Balaban J connectivity index is 1.89. The monoisotopic (exact) mass is 284 g/mol. The summed E-state index contributed by atoms with van der Waals surface area (Å²) in [7, 11) is 1.34. The molecule has 2 amide bonds. The van der Waals surface area contributed by atoms with Crippen LogP contribution in [0.3, 0.4) is 0 Å². The number of ether oxygens (including phenoxy) is 1. The van der Waals surface area contributed by atoms with Crippen molar-refractivity contribution in [2.24, 2.45) is 5.92 Å². The van der Waals surface area contributed by atoms with Gasteiger partial charge in [0.05, 0.1) is 6.54 Å². The first-order valence-corrected chi connectivity index (χ1v) is 7.43. The van der Waals surface area contributed by atoms with E-state index >= 15 is 0 Å². The van der Waals surface area contributed by atoms with Crippen LogP contribution in [0.15, 0.2) is 0 Å². The fraction of sp³-hybridized carbons (Fsp3) is 0.857. The molecular formula is C14H24N2O4. The topological polar surface area (TPSA) is 78.9 Å². The predicted molar refractivity (Wildman–Crippen MR) is 73.5 cm³/mol. The first-order valence-electron chi connectivity index (χ1n) is 7.43. The summed E-state index contributed by atoms with van der Waals surface area (Å²) < 4.78 is 4.82. The van der Waals surface area contributed by atoms with Gasteiger partial charge in [-0.25, -0.2) is 9.59 Å². The number of aliphatic carboxylic acids is 1. The fourth-order valence-corrected chi connectivity index (χ4v) is 3.43. The largest absolute Gasteiger partial charge is 0.479 e. The highest BCUT2D eigenvalue weighted by Crippen LogP contribution is 2.35. The van der Waals surface area contributed by atoms with Crippen LogP contribution in [0.5, 0.6) is 0 Å². The van der Waals surface area contributed by atoms with Gasteiger partial charge in [-0.1, -0.05) is 12.8 Å². The van der Waals surface area contributed by atoms with Crippen molar-refractivity contribution in [2.45, 2.75) is 50.7 Å².